The Hall–Kier alpha value is -1.39. The van der Waals surface area contributed by atoms with Crippen LogP contribution in [0.2, 0.25) is 0 Å². The third-order valence-electron chi connectivity index (χ3n) is 5.27. The largest absolute Gasteiger partial charge is 0.341 e. The van der Waals surface area contributed by atoms with Crippen molar-refractivity contribution in [3.63, 3.8) is 0 Å². The molecule has 1 fully saturated rings. The van der Waals surface area contributed by atoms with Gasteiger partial charge < -0.3 is 9.88 Å². The van der Waals surface area contributed by atoms with E-state index in [0.29, 0.717) is 36.8 Å². The number of aromatic nitrogens is 2. The van der Waals surface area contributed by atoms with Crippen molar-refractivity contribution in [1.29, 1.82) is 0 Å². The Balaban J connectivity index is 1.32. The van der Waals surface area contributed by atoms with E-state index < -0.39 is 9.84 Å². The Bertz CT molecular complexity index is 1040. The molecule has 1 aliphatic carbocycles. The van der Waals surface area contributed by atoms with Gasteiger partial charge in [-0.2, -0.15) is 11.8 Å². The molecule has 0 spiro atoms. The third kappa shape index (κ3) is 4.28. The topological polar surface area (TPSA) is 100 Å². The van der Waals surface area contributed by atoms with Gasteiger partial charge in [0.25, 0.3) is 5.56 Å². The van der Waals surface area contributed by atoms with E-state index in [-0.39, 0.29) is 23.0 Å². The molecule has 0 radical (unpaired) electrons. The fourth-order valence-electron chi connectivity index (χ4n) is 3.73. The second-order valence-corrected chi connectivity index (χ2v) is 11.7. The fraction of sp³-hybridized carbons (Fsp3) is 0.611. The number of carbonyl (C=O) groups excluding carboxylic acids is 1. The minimum Gasteiger partial charge on any atom is -0.341 e. The minimum absolute atomic E-state index is 0.00904. The molecule has 10 heteroatoms. The summed E-state index contributed by atoms with van der Waals surface area (Å²) in [5.74, 6) is 1.92. The second-order valence-electron chi connectivity index (χ2n) is 7.24. The second kappa shape index (κ2) is 8.16. The molecule has 0 bridgehead atoms. The van der Waals surface area contributed by atoms with E-state index in [2.05, 4.69) is 9.97 Å². The van der Waals surface area contributed by atoms with Gasteiger partial charge in [-0.05, 0) is 31.2 Å². The monoisotopic (exact) mass is 441 g/mol. The number of aryl methyl sites for hydroxylation is 2. The number of amides is 1. The molecular formula is C18H23N3O4S3. The number of H-pyrrole nitrogens is 1. The van der Waals surface area contributed by atoms with Crippen molar-refractivity contribution in [2.45, 2.75) is 37.9 Å². The average molecular weight is 442 g/mol. The van der Waals surface area contributed by atoms with Gasteiger partial charge in [0.2, 0.25) is 5.91 Å². The number of thiophene rings is 1. The van der Waals surface area contributed by atoms with Gasteiger partial charge in [-0.25, -0.2) is 13.4 Å². The van der Waals surface area contributed by atoms with Crippen LogP contribution < -0.4 is 5.56 Å². The predicted molar refractivity (Wildman–Crippen MR) is 113 cm³/mol. The van der Waals surface area contributed by atoms with E-state index in [1.807, 2.05) is 0 Å². The maximum atomic E-state index is 12.5. The molecule has 0 atom stereocenters. The van der Waals surface area contributed by atoms with Gasteiger partial charge in [0.15, 0.2) is 9.84 Å². The van der Waals surface area contributed by atoms with E-state index in [0.717, 1.165) is 29.5 Å². The van der Waals surface area contributed by atoms with Crippen LogP contribution in [0.4, 0.5) is 0 Å². The first-order valence-corrected chi connectivity index (χ1v) is 13.3. The maximum absolute atomic E-state index is 12.5. The highest BCUT2D eigenvalue weighted by Crippen LogP contribution is 2.33. The van der Waals surface area contributed by atoms with Crippen LogP contribution in [0.5, 0.6) is 0 Å². The Morgan fingerprint density at radius 3 is 2.75 bits per heavy atom. The quantitative estimate of drug-likeness (QED) is 0.710. The lowest BCUT2D eigenvalue weighted by Gasteiger charge is -2.26. The Morgan fingerprint density at radius 2 is 1.96 bits per heavy atom. The van der Waals surface area contributed by atoms with Crippen LogP contribution in [0, 0.1) is 0 Å². The van der Waals surface area contributed by atoms with Crippen molar-refractivity contribution in [1.82, 2.24) is 14.9 Å². The number of fused-ring (bicyclic) bond motifs is 3. The summed E-state index contributed by atoms with van der Waals surface area (Å²) in [6, 6.07) is 0. The smallest absolute Gasteiger partial charge is 0.259 e. The van der Waals surface area contributed by atoms with Crippen molar-refractivity contribution in [3.8, 4) is 0 Å². The van der Waals surface area contributed by atoms with E-state index in [4.69, 9.17) is 0 Å². The molecule has 1 amide bonds. The number of nitrogens with one attached hydrogen (secondary N) is 1. The number of hydrogen-bond acceptors (Lipinski definition) is 7. The average Bonchev–Trinajstić information content (AvgIpc) is 3.04. The molecule has 0 unspecified atom stereocenters. The number of aromatic amines is 1. The highest BCUT2D eigenvalue weighted by atomic mass is 32.2. The number of hydrogen-bond donors (Lipinski definition) is 1. The molecule has 152 valence electrons. The van der Waals surface area contributed by atoms with Gasteiger partial charge in [0.1, 0.15) is 10.7 Å². The van der Waals surface area contributed by atoms with E-state index in [1.54, 1.807) is 28.0 Å². The van der Waals surface area contributed by atoms with Crippen LogP contribution in [0.3, 0.4) is 0 Å². The van der Waals surface area contributed by atoms with Gasteiger partial charge in [0.05, 0.1) is 22.6 Å². The van der Waals surface area contributed by atoms with Gasteiger partial charge in [0, 0.05) is 30.1 Å². The van der Waals surface area contributed by atoms with Gasteiger partial charge in [-0.3, -0.25) is 9.59 Å². The van der Waals surface area contributed by atoms with Crippen molar-refractivity contribution >= 4 is 49.1 Å². The number of sulfone groups is 1. The molecule has 2 aliphatic rings. The van der Waals surface area contributed by atoms with E-state index >= 15 is 0 Å². The van der Waals surface area contributed by atoms with Crippen LogP contribution in [0.25, 0.3) is 10.2 Å². The number of carbonyl (C=O) groups is 1. The van der Waals surface area contributed by atoms with Crippen molar-refractivity contribution in [3.05, 3.63) is 26.6 Å². The van der Waals surface area contributed by atoms with Gasteiger partial charge >= 0.3 is 0 Å². The van der Waals surface area contributed by atoms with Gasteiger partial charge in [-0.15, -0.1) is 11.3 Å². The Labute approximate surface area is 171 Å². The number of nitrogens with zero attached hydrogens (tertiary/aromatic N) is 2. The van der Waals surface area contributed by atoms with E-state index in [9.17, 15) is 18.0 Å². The predicted octanol–water partition coefficient (Wildman–Crippen LogP) is 1.74. The Morgan fingerprint density at radius 1 is 1.21 bits per heavy atom. The zero-order valence-electron chi connectivity index (χ0n) is 15.5. The zero-order valence-corrected chi connectivity index (χ0v) is 18.0. The molecular weight excluding hydrogens is 418 g/mol. The molecule has 7 nitrogen and oxygen atoms in total. The molecule has 3 heterocycles. The lowest BCUT2D eigenvalue weighted by Crippen LogP contribution is -2.43. The molecule has 4 rings (SSSR count). The molecule has 1 N–H and O–H groups in total. The van der Waals surface area contributed by atoms with Crippen molar-refractivity contribution in [2.75, 3.05) is 30.3 Å². The fourth-order valence-corrected chi connectivity index (χ4v) is 7.00. The molecule has 28 heavy (non-hydrogen) atoms. The Kier molecular flexibility index (Phi) is 5.80. The number of thioether (sulfide) groups is 1. The van der Waals surface area contributed by atoms with Crippen LogP contribution >= 0.6 is 23.1 Å². The standard InChI is InChI=1S/C18H23N3O4S3/c22-15(21-6-9-28(24,25)10-7-21)5-8-26-11-14-19-17(23)16-12-3-1-2-4-13(12)27-18(16)20-14/h1-11H2,(H,19,20,23). The van der Waals surface area contributed by atoms with E-state index in [1.165, 1.54) is 16.9 Å². The lowest BCUT2D eigenvalue weighted by molar-refractivity contribution is -0.130. The first-order valence-electron chi connectivity index (χ1n) is 9.52. The molecule has 2 aromatic rings. The summed E-state index contributed by atoms with van der Waals surface area (Å²) >= 11 is 3.20. The first-order chi connectivity index (χ1) is 13.4. The van der Waals surface area contributed by atoms with Gasteiger partial charge in [-0.1, -0.05) is 0 Å². The molecule has 0 aromatic carbocycles. The van der Waals surface area contributed by atoms with Crippen molar-refractivity contribution < 1.29 is 13.2 Å². The molecule has 1 saturated heterocycles. The van der Waals surface area contributed by atoms with Crippen molar-refractivity contribution in [2.24, 2.45) is 0 Å². The SMILES string of the molecule is O=C(CCSCc1nc2sc3c(c2c(=O)[nH]1)CCCC3)N1CCS(=O)(=O)CC1. The zero-order chi connectivity index (χ0) is 19.7. The summed E-state index contributed by atoms with van der Waals surface area (Å²) in [7, 11) is -2.97. The van der Waals surface area contributed by atoms with Crippen LogP contribution in [0.1, 0.15) is 35.5 Å². The summed E-state index contributed by atoms with van der Waals surface area (Å²) in [6.07, 6.45) is 4.68. The maximum Gasteiger partial charge on any atom is 0.259 e. The molecule has 0 saturated carbocycles. The summed E-state index contributed by atoms with van der Waals surface area (Å²) in [5.41, 5.74) is 1.14. The molecule has 2 aromatic heterocycles. The first kappa shape index (κ1) is 19.9. The normalized spacial score (nSPS) is 18.9. The molecule has 1 aliphatic heterocycles. The summed E-state index contributed by atoms with van der Waals surface area (Å²) in [6.45, 7) is 0.584. The van der Waals surface area contributed by atoms with Crippen LogP contribution in [-0.4, -0.2) is 59.5 Å². The summed E-state index contributed by atoms with van der Waals surface area (Å²) in [5, 5.41) is 0.767. The lowest BCUT2D eigenvalue weighted by atomic mass is 9.97. The highest BCUT2D eigenvalue weighted by molar-refractivity contribution is 7.98. The third-order valence-corrected chi connectivity index (χ3v) is 9.04. The summed E-state index contributed by atoms with van der Waals surface area (Å²) < 4.78 is 22.9. The number of rotatable bonds is 5. The van der Waals surface area contributed by atoms with Crippen LogP contribution in [0.15, 0.2) is 4.79 Å². The highest BCUT2D eigenvalue weighted by Gasteiger charge is 2.24. The minimum atomic E-state index is -2.97. The summed E-state index contributed by atoms with van der Waals surface area (Å²) in [4.78, 5) is 36.0. The van der Waals surface area contributed by atoms with Crippen LogP contribution in [-0.2, 0) is 33.2 Å².